The second kappa shape index (κ2) is 5.63. The lowest BCUT2D eigenvalue weighted by Crippen LogP contribution is -2.05. The van der Waals surface area contributed by atoms with E-state index >= 15 is 0 Å². The van der Waals surface area contributed by atoms with Gasteiger partial charge >= 0.3 is 0 Å². The van der Waals surface area contributed by atoms with Gasteiger partial charge in [0.2, 0.25) is 5.91 Å². The molecule has 4 nitrogen and oxygen atoms in total. The molecule has 0 fully saturated rings. The molecule has 0 spiro atoms. The van der Waals surface area contributed by atoms with Gasteiger partial charge in [0.15, 0.2) is 5.76 Å². The standard InChI is InChI=1S/C17H14N2O2/c1-12(20)18-15-9-7-13(8-10-15)16-11-17(21-19-16)14-5-3-2-4-6-14/h2-11H,1H3,(H,18,20). The van der Waals surface area contributed by atoms with Crippen LogP contribution in [0, 0.1) is 0 Å². The van der Waals surface area contributed by atoms with Crippen LogP contribution >= 0.6 is 0 Å². The number of nitrogens with zero attached hydrogens (tertiary/aromatic N) is 1. The Morgan fingerprint density at radius 2 is 1.71 bits per heavy atom. The largest absolute Gasteiger partial charge is 0.356 e. The van der Waals surface area contributed by atoms with Crippen molar-refractivity contribution in [1.29, 1.82) is 0 Å². The summed E-state index contributed by atoms with van der Waals surface area (Å²) in [4.78, 5) is 11.0. The van der Waals surface area contributed by atoms with E-state index < -0.39 is 0 Å². The fourth-order valence-electron chi connectivity index (χ4n) is 2.08. The predicted octanol–water partition coefficient (Wildman–Crippen LogP) is 3.97. The van der Waals surface area contributed by atoms with Gasteiger partial charge in [0.25, 0.3) is 0 Å². The fourth-order valence-corrected chi connectivity index (χ4v) is 2.08. The van der Waals surface area contributed by atoms with E-state index in [0.717, 1.165) is 28.3 Å². The van der Waals surface area contributed by atoms with Gasteiger partial charge in [-0.3, -0.25) is 4.79 Å². The van der Waals surface area contributed by atoms with Gasteiger partial charge in [-0.25, -0.2) is 0 Å². The normalized spacial score (nSPS) is 10.3. The van der Waals surface area contributed by atoms with Crippen molar-refractivity contribution in [1.82, 2.24) is 5.16 Å². The van der Waals surface area contributed by atoms with Crippen LogP contribution in [0.15, 0.2) is 65.2 Å². The number of anilines is 1. The van der Waals surface area contributed by atoms with Gasteiger partial charge in [0.05, 0.1) is 0 Å². The van der Waals surface area contributed by atoms with Gasteiger partial charge in [-0.2, -0.15) is 0 Å². The van der Waals surface area contributed by atoms with E-state index in [9.17, 15) is 4.79 Å². The lowest BCUT2D eigenvalue weighted by molar-refractivity contribution is -0.114. The average molecular weight is 278 g/mol. The second-order valence-corrected chi connectivity index (χ2v) is 4.70. The third kappa shape index (κ3) is 3.00. The van der Waals surface area contributed by atoms with Crippen molar-refractivity contribution in [3.8, 4) is 22.6 Å². The molecule has 1 amide bonds. The van der Waals surface area contributed by atoms with Crippen LogP contribution in [-0.2, 0) is 4.79 Å². The highest BCUT2D eigenvalue weighted by molar-refractivity contribution is 5.88. The minimum atomic E-state index is -0.0875. The molecule has 0 saturated carbocycles. The van der Waals surface area contributed by atoms with Gasteiger partial charge in [-0.05, 0) is 12.1 Å². The van der Waals surface area contributed by atoms with Crippen molar-refractivity contribution in [3.63, 3.8) is 0 Å². The molecule has 1 N–H and O–H groups in total. The van der Waals surface area contributed by atoms with E-state index in [0.29, 0.717) is 0 Å². The number of hydrogen-bond acceptors (Lipinski definition) is 3. The van der Waals surface area contributed by atoms with Gasteiger partial charge in [0, 0.05) is 29.8 Å². The summed E-state index contributed by atoms with van der Waals surface area (Å²) in [6, 6.07) is 19.2. The lowest BCUT2D eigenvalue weighted by atomic mass is 10.1. The molecule has 2 aromatic carbocycles. The molecular weight excluding hydrogens is 264 g/mol. The molecule has 3 aromatic rings. The molecule has 0 aliphatic heterocycles. The molecule has 0 saturated heterocycles. The zero-order valence-electron chi connectivity index (χ0n) is 11.5. The van der Waals surface area contributed by atoms with Gasteiger partial charge < -0.3 is 9.84 Å². The van der Waals surface area contributed by atoms with E-state index in [1.165, 1.54) is 6.92 Å². The van der Waals surface area contributed by atoms with Crippen molar-refractivity contribution in [2.24, 2.45) is 0 Å². The van der Waals surface area contributed by atoms with Crippen LogP contribution in [0.5, 0.6) is 0 Å². The summed E-state index contributed by atoms with van der Waals surface area (Å²) in [6.07, 6.45) is 0. The Morgan fingerprint density at radius 3 is 2.38 bits per heavy atom. The van der Waals surface area contributed by atoms with Crippen LogP contribution in [0.3, 0.4) is 0 Å². The van der Waals surface area contributed by atoms with Crippen molar-refractivity contribution in [2.45, 2.75) is 6.92 Å². The number of nitrogens with one attached hydrogen (secondary N) is 1. The summed E-state index contributed by atoms with van der Waals surface area (Å²) in [6.45, 7) is 1.48. The average Bonchev–Trinajstić information content (AvgIpc) is 2.98. The van der Waals surface area contributed by atoms with E-state index in [1.54, 1.807) is 0 Å². The van der Waals surface area contributed by atoms with Crippen LogP contribution in [0.25, 0.3) is 22.6 Å². The first kappa shape index (κ1) is 13.1. The fraction of sp³-hybridized carbons (Fsp3) is 0.0588. The SMILES string of the molecule is CC(=O)Nc1ccc(-c2cc(-c3ccccc3)on2)cc1. The molecule has 0 atom stereocenters. The van der Waals surface area contributed by atoms with E-state index in [2.05, 4.69) is 10.5 Å². The highest BCUT2D eigenvalue weighted by atomic mass is 16.5. The highest BCUT2D eigenvalue weighted by Crippen LogP contribution is 2.26. The molecule has 0 unspecified atom stereocenters. The van der Waals surface area contributed by atoms with E-state index in [1.807, 2.05) is 60.7 Å². The third-order valence-electron chi connectivity index (χ3n) is 3.07. The summed E-state index contributed by atoms with van der Waals surface area (Å²) < 4.78 is 5.38. The zero-order chi connectivity index (χ0) is 14.7. The Bertz CT molecular complexity index is 746. The number of hydrogen-bond donors (Lipinski definition) is 1. The van der Waals surface area contributed by atoms with Gasteiger partial charge in [-0.1, -0.05) is 47.6 Å². The first-order chi connectivity index (χ1) is 10.2. The molecular formula is C17H14N2O2. The van der Waals surface area contributed by atoms with E-state index in [-0.39, 0.29) is 5.91 Å². The zero-order valence-corrected chi connectivity index (χ0v) is 11.5. The molecule has 0 aliphatic carbocycles. The smallest absolute Gasteiger partial charge is 0.221 e. The van der Waals surface area contributed by atoms with Crippen LogP contribution in [0.2, 0.25) is 0 Å². The summed E-state index contributed by atoms with van der Waals surface area (Å²) in [5.41, 5.74) is 3.46. The molecule has 4 heteroatoms. The quantitative estimate of drug-likeness (QED) is 0.788. The summed E-state index contributed by atoms with van der Waals surface area (Å²) in [5.74, 6) is 0.645. The molecule has 1 aromatic heterocycles. The number of carbonyl (C=O) groups is 1. The third-order valence-corrected chi connectivity index (χ3v) is 3.07. The molecule has 21 heavy (non-hydrogen) atoms. The van der Waals surface area contributed by atoms with Gasteiger partial charge in [-0.15, -0.1) is 0 Å². The Morgan fingerprint density at radius 1 is 1.00 bits per heavy atom. The topological polar surface area (TPSA) is 55.1 Å². The molecule has 0 radical (unpaired) electrons. The van der Waals surface area contributed by atoms with E-state index in [4.69, 9.17) is 4.52 Å². The Balaban J connectivity index is 1.85. The molecule has 3 rings (SSSR count). The molecule has 0 bridgehead atoms. The van der Waals surface area contributed by atoms with Crippen LogP contribution in [0.4, 0.5) is 5.69 Å². The molecule has 1 heterocycles. The molecule has 0 aliphatic rings. The van der Waals surface area contributed by atoms with Crippen LogP contribution < -0.4 is 5.32 Å². The minimum Gasteiger partial charge on any atom is -0.356 e. The van der Waals surface area contributed by atoms with Crippen molar-refractivity contribution >= 4 is 11.6 Å². The number of amides is 1. The minimum absolute atomic E-state index is 0.0875. The highest BCUT2D eigenvalue weighted by Gasteiger charge is 2.08. The number of rotatable bonds is 3. The summed E-state index contributed by atoms with van der Waals surface area (Å²) in [7, 11) is 0. The maximum atomic E-state index is 11.0. The lowest BCUT2D eigenvalue weighted by Gasteiger charge is -2.02. The first-order valence-corrected chi connectivity index (χ1v) is 6.62. The maximum absolute atomic E-state index is 11.0. The monoisotopic (exact) mass is 278 g/mol. The second-order valence-electron chi connectivity index (χ2n) is 4.70. The Labute approximate surface area is 122 Å². The number of benzene rings is 2. The van der Waals surface area contributed by atoms with Crippen molar-refractivity contribution in [3.05, 3.63) is 60.7 Å². The predicted molar refractivity (Wildman–Crippen MR) is 81.7 cm³/mol. The first-order valence-electron chi connectivity index (χ1n) is 6.62. The van der Waals surface area contributed by atoms with Crippen LogP contribution in [-0.4, -0.2) is 11.1 Å². The van der Waals surface area contributed by atoms with Crippen molar-refractivity contribution in [2.75, 3.05) is 5.32 Å². The Kier molecular flexibility index (Phi) is 3.51. The summed E-state index contributed by atoms with van der Waals surface area (Å²) in [5, 5.41) is 6.82. The van der Waals surface area contributed by atoms with Crippen molar-refractivity contribution < 1.29 is 9.32 Å². The maximum Gasteiger partial charge on any atom is 0.221 e. The molecule has 104 valence electrons. The Hall–Kier alpha value is -2.88. The van der Waals surface area contributed by atoms with Crippen LogP contribution in [0.1, 0.15) is 6.92 Å². The number of aromatic nitrogens is 1. The number of carbonyl (C=O) groups excluding carboxylic acids is 1. The summed E-state index contributed by atoms with van der Waals surface area (Å²) >= 11 is 0. The van der Waals surface area contributed by atoms with Gasteiger partial charge in [0.1, 0.15) is 5.69 Å².